The quantitative estimate of drug-likeness (QED) is 0.624. The lowest BCUT2D eigenvalue weighted by molar-refractivity contribution is -0.141. The van der Waals surface area contributed by atoms with E-state index in [1.165, 1.54) is 12.1 Å². The molecule has 1 saturated heterocycles. The van der Waals surface area contributed by atoms with Gasteiger partial charge in [0.15, 0.2) is 5.69 Å². The third-order valence-corrected chi connectivity index (χ3v) is 4.68. The highest BCUT2D eigenvalue weighted by atomic mass is 35.5. The van der Waals surface area contributed by atoms with Gasteiger partial charge in [-0.05, 0) is 29.8 Å². The maximum atomic E-state index is 13.5. The minimum atomic E-state index is -4.83. The Balaban J connectivity index is 2.02. The van der Waals surface area contributed by atoms with Crippen molar-refractivity contribution >= 4 is 35.1 Å². The Hall–Kier alpha value is -2.59. The minimum Gasteiger partial charge on any atom is -0.342 e. The van der Waals surface area contributed by atoms with Crippen LogP contribution in [0.1, 0.15) is 23.0 Å². The van der Waals surface area contributed by atoms with Crippen LogP contribution in [0.4, 0.5) is 22.4 Å². The molecule has 0 saturated carbocycles. The summed E-state index contributed by atoms with van der Waals surface area (Å²) in [5, 5.41) is 6.36. The molecule has 1 aliphatic heterocycles. The molecule has 2 atom stereocenters. The van der Waals surface area contributed by atoms with Gasteiger partial charge in [-0.15, -0.1) is 0 Å². The number of rotatable bonds is 4. The van der Waals surface area contributed by atoms with E-state index in [2.05, 4.69) is 20.9 Å². The summed E-state index contributed by atoms with van der Waals surface area (Å²) in [4.78, 5) is 27.3. The molecule has 6 nitrogen and oxygen atoms in total. The largest absolute Gasteiger partial charge is 0.434 e. The molecule has 0 radical (unpaired) electrons. The molecule has 1 aromatic heterocycles. The number of urea groups is 1. The van der Waals surface area contributed by atoms with E-state index in [4.69, 9.17) is 23.2 Å². The molecule has 0 spiro atoms. The van der Waals surface area contributed by atoms with Gasteiger partial charge in [0.2, 0.25) is 5.91 Å². The van der Waals surface area contributed by atoms with Crippen LogP contribution < -0.4 is 16.0 Å². The number of alkyl halides is 3. The third-order valence-electron chi connectivity index (χ3n) is 4.08. The molecule has 2 aromatic rings. The molecule has 1 fully saturated rings. The Kier molecular flexibility index (Phi) is 5.85. The topological polar surface area (TPSA) is 83.1 Å². The molecule has 0 bridgehead atoms. The van der Waals surface area contributed by atoms with E-state index >= 15 is 0 Å². The van der Waals surface area contributed by atoms with Gasteiger partial charge in [-0.3, -0.25) is 4.79 Å². The molecule has 0 unspecified atom stereocenters. The molecule has 2 heterocycles. The maximum absolute atomic E-state index is 13.5. The van der Waals surface area contributed by atoms with Gasteiger partial charge in [0, 0.05) is 6.54 Å². The number of pyridine rings is 1. The van der Waals surface area contributed by atoms with E-state index in [1.54, 1.807) is 0 Å². The number of benzene rings is 1. The molecule has 1 aromatic carbocycles. The van der Waals surface area contributed by atoms with Crippen LogP contribution in [0.25, 0.3) is 0 Å². The smallest absolute Gasteiger partial charge is 0.342 e. The summed E-state index contributed by atoms with van der Waals surface area (Å²) in [5.74, 6) is -1.42. The normalized spacial score (nSPS) is 17.4. The Morgan fingerprint density at radius 2 is 1.93 bits per heavy atom. The molecule has 3 rings (SSSR count). The summed E-state index contributed by atoms with van der Waals surface area (Å²) in [6.45, 7) is -0.0105. The number of halogens is 6. The van der Waals surface area contributed by atoms with Crippen LogP contribution >= 0.6 is 23.2 Å². The van der Waals surface area contributed by atoms with Crippen LogP contribution in [0.3, 0.4) is 0 Å². The van der Waals surface area contributed by atoms with Gasteiger partial charge in [-0.1, -0.05) is 29.3 Å². The van der Waals surface area contributed by atoms with Crippen molar-refractivity contribution in [3.05, 3.63) is 63.1 Å². The van der Waals surface area contributed by atoms with Gasteiger partial charge in [0.25, 0.3) is 0 Å². The Labute approximate surface area is 171 Å². The zero-order valence-corrected chi connectivity index (χ0v) is 15.8. The fraction of sp³-hybridized carbons (Fsp3) is 0.235. The van der Waals surface area contributed by atoms with Gasteiger partial charge < -0.3 is 16.0 Å². The van der Waals surface area contributed by atoms with E-state index in [0.717, 1.165) is 18.2 Å². The van der Waals surface area contributed by atoms with Crippen molar-refractivity contribution in [3.8, 4) is 0 Å². The predicted octanol–water partition coefficient (Wildman–Crippen LogP) is 3.43. The number of amides is 3. The summed E-state index contributed by atoms with van der Waals surface area (Å²) in [6.07, 6.45) is -4.83. The van der Waals surface area contributed by atoms with Gasteiger partial charge in [-0.2, -0.15) is 13.2 Å². The van der Waals surface area contributed by atoms with Crippen molar-refractivity contribution in [2.75, 3.05) is 6.54 Å². The van der Waals surface area contributed by atoms with Crippen molar-refractivity contribution in [2.24, 2.45) is 0 Å². The first-order chi connectivity index (χ1) is 13.6. The highest BCUT2D eigenvalue weighted by Crippen LogP contribution is 2.35. The first-order valence-electron chi connectivity index (χ1n) is 8.09. The standard InChI is InChI=1S/C17H12Cl2F4N4O2/c18-8-2-4-11(25-14(8)17(21,22)23)13(7-1-3-10(20)9(19)5-7)27-15(28)12-6-24-16(29)26-12/h1-5,12-13H,6H2,(H,27,28)(H2,24,26,29)/t12-,13+/m0/s1. The maximum Gasteiger partial charge on any atom is 0.434 e. The van der Waals surface area contributed by atoms with Gasteiger partial charge in [-0.25, -0.2) is 14.2 Å². The number of carbonyl (C=O) groups excluding carboxylic acids is 2. The fourth-order valence-corrected chi connectivity index (χ4v) is 3.09. The molecule has 1 aliphatic rings. The second-order valence-corrected chi connectivity index (χ2v) is 6.90. The van der Waals surface area contributed by atoms with Crippen LogP contribution in [0.15, 0.2) is 30.3 Å². The summed E-state index contributed by atoms with van der Waals surface area (Å²) < 4.78 is 53.1. The van der Waals surface area contributed by atoms with Crippen LogP contribution in [-0.4, -0.2) is 29.5 Å². The first-order valence-corrected chi connectivity index (χ1v) is 8.85. The molecular weight excluding hydrogens is 439 g/mol. The fourth-order valence-electron chi connectivity index (χ4n) is 2.69. The van der Waals surface area contributed by atoms with Gasteiger partial charge >= 0.3 is 12.2 Å². The Morgan fingerprint density at radius 3 is 2.52 bits per heavy atom. The molecule has 154 valence electrons. The van der Waals surface area contributed by atoms with E-state index in [-0.39, 0.29) is 22.8 Å². The lowest BCUT2D eigenvalue weighted by atomic mass is 10.0. The van der Waals surface area contributed by atoms with Crippen molar-refractivity contribution < 1.29 is 27.2 Å². The minimum absolute atomic E-state index is 0.0105. The molecule has 3 amide bonds. The van der Waals surface area contributed by atoms with Crippen molar-refractivity contribution in [1.29, 1.82) is 0 Å². The summed E-state index contributed by atoms with van der Waals surface area (Å²) in [7, 11) is 0. The lowest BCUT2D eigenvalue weighted by Gasteiger charge is -2.22. The van der Waals surface area contributed by atoms with Crippen LogP contribution in [-0.2, 0) is 11.0 Å². The number of hydrogen-bond donors (Lipinski definition) is 3. The van der Waals surface area contributed by atoms with Crippen LogP contribution in [0, 0.1) is 5.82 Å². The zero-order chi connectivity index (χ0) is 21.3. The molecule has 0 aliphatic carbocycles. The van der Waals surface area contributed by atoms with Crippen LogP contribution in [0.5, 0.6) is 0 Å². The van der Waals surface area contributed by atoms with E-state index < -0.39 is 46.7 Å². The molecule has 3 N–H and O–H groups in total. The third kappa shape index (κ3) is 4.70. The first kappa shape index (κ1) is 21.1. The molecule has 29 heavy (non-hydrogen) atoms. The lowest BCUT2D eigenvalue weighted by Crippen LogP contribution is -2.44. The van der Waals surface area contributed by atoms with Crippen molar-refractivity contribution in [2.45, 2.75) is 18.3 Å². The van der Waals surface area contributed by atoms with E-state index in [9.17, 15) is 27.2 Å². The average Bonchev–Trinajstić information content (AvgIpc) is 3.08. The van der Waals surface area contributed by atoms with Crippen molar-refractivity contribution in [1.82, 2.24) is 20.9 Å². The molecular formula is C17H12Cl2F4N4O2. The second kappa shape index (κ2) is 8.03. The van der Waals surface area contributed by atoms with Gasteiger partial charge in [0.05, 0.1) is 21.8 Å². The summed E-state index contributed by atoms with van der Waals surface area (Å²) in [5.41, 5.74) is -1.35. The Morgan fingerprint density at radius 1 is 1.21 bits per heavy atom. The number of nitrogens with one attached hydrogen (secondary N) is 3. The van der Waals surface area contributed by atoms with Crippen LogP contribution in [0.2, 0.25) is 10.0 Å². The van der Waals surface area contributed by atoms with E-state index in [0.29, 0.717) is 0 Å². The SMILES string of the molecule is O=C1NC[C@@H](C(=O)N[C@H](c2ccc(F)c(Cl)c2)c2ccc(Cl)c(C(F)(F)F)n2)N1. The second-order valence-electron chi connectivity index (χ2n) is 6.09. The molecule has 12 heteroatoms. The number of carbonyl (C=O) groups is 2. The van der Waals surface area contributed by atoms with E-state index in [1.807, 2.05) is 0 Å². The number of aromatic nitrogens is 1. The highest BCUT2D eigenvalue weighted by molar-refractivity contribution is 6.31. The predicted molar refractivity (Wildman–Crippen MR) is 96.0 cm³/mol. The van der Waals surface area contributed by atoms with Crippen molar-refractivity contribution in [3.63, 3.8) is 0 Å². The highest BCUT2D eigenvalue weighted by Gasteiger charge is 2.37. The summed E-state index contributed by atoms with van der Waals surface area (Å²) in [6, 6.07) is 2.90. The average molecular weight is 451 g/mol. The summed E-state index contributed by atoms with van der Waals surface area (Å²) >= 11 is 11.4. The number of nitrogens with zero attached hydrogens (tertiary/aromatic N) is 1. The monoisotopic (exact) mass is 450 g/mol. The Bertz CT molecular complexity index is 971. The zero-order valence-electron chi connectivity index (χ0n) is 14.3. The van der Waals surface area contributed by atoms with Gasteiger partial charge in [0.1, 0.15) is 11.9 Å². The number of hydrogen-bond acceptors (Lipinski definition) is 3.